The fourth-order valence-corrected chi connectivity index (χ4v) is 2.01. The zero-order valence-electron chi connectivity index (χ0n) is 9.65. The van der Waals surface area contributed by atoms with Gasteiger partial charge in [-0.05, 0) is 40.2 Å². The van der Waals surface area contributed by atoms with Crippen molar-refractivity contribution >= 4 is 44.8 Å². The van der Waals surface area contributed by atoms with E-state index in [1.807, 2.05) is 0 Å². The summed E-state index contributed by atoms with van der Waals surface area (Å²) >= 11 is 9.23. The number of nitrogens with two attached hydrogens (primary N) is 1. The lowest BCUT2D eigenvalue weighted by Crippen LogP contribution is -2.17. The number of carbonyl (C=O) groups is 1. The highest BCUT2D eigenvalue weighted by Gasteiger charge is 2.12. The predicted molar refractivity (Wildman–Crippen MR) is 79.2 cm³/mol. The van der Waals surface area contributed by atoms with Gasteiger partial charge in [0.15, 0.2) is 0 Å². The van der Waals surface area contributed by atoms with E-state index in [0.717, 1.165) is 4.47 Å². The van der Waals surface area contributed by atoms with Crippen molar-refractivity contribution in [2.75, 3.05) is 10.7 Å². The van der Waals surface area contributed by atoms with Gasteiger partial charge in [-0.3, -0.25) is 15.6 Å². The van der Waals surface area contributed by atoms with Crippen molar-refractivity contribution in [3.8, 4) is 0 Å². The van der Waals surface area contributed by atoms with Gasteiger partial charge in [0.25, 0.3) is 5.91 Å². The third-order valence-corrected chi connectivity index (χ3v) is 3.32. The van der Waals surface area contributed by atoms with Gasteiger partial charge in [0, 0.05) is 15.7 Å². The van der Waals surface area contributed by atoms with E-state index >= 15 is 0 Å². The van der Waals surface area contributed by atoms with Gasteiger partial charge in [-0.2, -0.15) is 0 Å². The maximum Gasteiger partial charge on any atom is 0.257 e. The third kappa shape index (κ3) is 3.23. The summed E-state index contributed by atoms with van der Waals surface area (Å²) in [5.41, 5.74) is 3.84. The number of halogens is 2. The molecule has 0 saturated carbocycles. The van der Waals surface area contributed by atoms with Crippen LogP contribution >= 0.6 is 27.5 Å². The standard InChI is InChI=1S/C12H10BrClN4O/c13-9-2-1-7(14)5-10(9)17-12(19)8-3-4-16-6-11(8)18-15/h1-6,18H,15H2,(H,17,19). The minimum absolute atomic E-state index is 0.307. The van der Waals surface area contributed by atoms with Crippen LogP contribution < -0.4 is 16.6 Å². The van der Waals surface area contributed by atoms with Gasteiger partial charge in [-0.25, -0.2) is 0 Å². The molecule has 0 aliphatic carbocycles. The number of pyridine rings is 1. The Morgan fingerprint density at radius 1 is 1.32 bits per heavy atom. The maximum atomic E-state index is 12.2. The smallest absolute Gasteiger partial charge is 0.257 e. The fourth-order valence-electron chi connectivity index (χ4n) is 1.49. The third-order valence-electron chi connectivity index (χ3n) is 2.40. The largest absolute Gasteiger partial charge is 0.322 e. The van der Waals surface area contributed by atoms with Crippen molar-refractivity contribution in [2.45, 2.75) is 0 Å². The molecule has 1 amide bonds. The highest BCUT2D eigenvalue weighted by molar-refractivity contribution is 9.10. The van der Waals surface area contributed by atoms with Crippen molar-refractivity contribution in [1.29, 1.82) is 0 Å². The molecule has 0 aliphatic heterocycles. The van der Waals surface area contributed by atoms with Gasteiger partial charge >= 0.3 is 0 Å². The normalized spacial score (nSPS) is 10.1. The summed E-state index contributed by atoms with van der Waals surface area (Å²) in [6.07, 6.45) is 2.99. The van der Waals surface area contributed by atoms with Crippen molar-refractivity contribution in [3.05, 3.63) is 51.7 Å². The summed E-state index contributed by atoms with van der Waals surface area (Å²) < 4.78 is 0.738. The van der Waals surface area contributed by atoms with Crippen molar-refractivity contribution < 1.29 is 4.79 Å². The molecule has 0 bridgehead atoms. The number of hydrazine groups is 1. The molecule has 4 N–H and O–H groups in total. The first-order chi connectivity index (χ1) is 9.11. The minimum Gasteiger partial charge on any atom is -0.322 e. The molecule has 0 aliphatic rings. The maximum absolute atomic E-state index is 12.2. The van der Waals surface area contributed by atoms with Gasteiger partial charge < -0.3 is 10.7 Å². The second-order valence-electron chi connectivity index (χ2n) is 3.64. The molecule has 7 heteroatoms. The van der Waals surface area contributed by atoms with Crippen LogP contribution in [-0.4, -0.2) is 10.9 Å². The summed E-state index contributed by atoms with van der Waals surface area (Å²) in [7, 11) is 0. The molecule has 0 unspecified atom stereocenters. The second kappa shape index (κ2) is 6.01. The van der Waals surface area contributed by atoms with E-state index in [-0.39, 0.29) is 5.91 Å². The van der Waals surface area contributed by atoms with E-state index in [0.29, 0.717) is 22.0 Å². The number of anilines is 2. The van der Waals surface area contributed by atoms with Crippen LogP contribution in [0.5, 0.6) is 0 Å². The van der Waals surface area contributed by atoms with Gasteiger partial charge in [-0.15, -0.1) is 0 Å². The molecule has 2 aromatic rings. The summed E-state index contributed by atoms with van der Waals surface area (Å²) in [5, 5.41) is 3.28. The van der Waals surface area contributed by atoms with Gasteiger partial charge in [-0.1, -0.05) is 11.6 Å². The Morgan fingerprint density at radius 2 is 2.11 bits per heavy atom. The van der Waals surface area contributed by atoms with Crippen LogP contribution in [0, 0.1) is 0 Å². The molecule has 1 heterocycles. The Kier molecular flexibility index (Phi) is 4.36. The number of aromatic nitrogens is 1. The number of hydrogen-bond acceptors (Lipinski definition) is 4. The number of carbonyl (C=O) groups excluding carboxylic acids is 1. The number of amides is 1. The number of rotatable bonds is 3. The van der Waals surface area contributed by atoms with E-state index in [9.17, 15) is 4.79 Å². The zero-order chi connectivity index (χ0) is 13.8. The summed E-state index contributed by atoms with van der Waals surface area (Å²) in [6.45, 7) is 0. The van der Waals surface area contributed by atoms with Crippen LogP contribution in [0.25, 0.3) is 0 Å². The lowest BCUT2D eigenvalue weighted by atomic mass is 10.2. The van der Waals surface area contributed by atoms with Crippen LogP contribution in [0.2, 0.25) is 5.02 Å². The fraction of sp³-hybridized carbons (Fsp3) is 0. The van der Waals surface area contributed by atoms with Crippen LogP contribution in [0.1, 0.15) is 10.4 Å². The second-order valence-corrected chi connectivity index (χ2v) is 4.93. The molecule has 0 saturated heterocycles. The monoisotopic (exact) mass is 340 g/mol. The van der Waals surface area contributed by atoms with Crippen LogP contribution in [0.3, 0.4) is 0 Å². The lowest BCUT2D eigenvalue weighted by molar-refractivity contribution is 0.102. The van der Waals surface area contributed by atoms with E-state index in [4.69, 9.17) is 17.4 Å². The van der Waals surface area contributed by atoms with Gasteiger partial charge in [0.1, 0.15) is 0 Å². The number of nitrogens with zero attached hydrogens (tertiary/aromatic N) is 1. The number of hydrogen-bond donors (Lipinski definition) is 3. The Labute approximate surface area is 123 Å². The molecule has 0 spiro atoms. The van der Waals surface area contributed by atoms with Crippen LogP contribution in [-0.2, 0) is 0 Å². The molecular weight excluding hydrogens is 332 g/mol. The van der Waals surface area contributed by atoms with Crippen LogP contribution in [0.4, 0.5) is 11.4 Å². The summed E-state index contributed by atoms with van der Waals surface area (Å²) in [6, 6.07) is 6.70. The molecule has 1 aromatic heterocycles. The van der Waals surface area contributed by atoms with Crippen LogP contribution in [0.15, 0.2) is 41.1 Å². The zero-order valence-corrected chi connectivity index (χ0v) is 12.0. The van der Waals surface area contributed by atoms with E-state index in [1.165, 1.54) is 12.4 Å². The lowest BCUT2D eigenvalue weighted by Gasteiger charge is -2.10. The van der Waals surface area contributed by atoms with Crippen molar-refractivity contribution in [2.24, 2.45) is 5.84 Å². The molecular formula is C12H10BrClN4O. The SMILES string of the molecule is NNc1cnccc1C(=O)Nc1cc(Cl)ccc1Br. The molecule has 19 heavy (non-hydrogen) atoms. The molecule has 98 valence electrons. The first-order valence-corrected chi connectivity index (χ1v) is 6.46. The first-order valence-electron chi connectivity index (χ1n) is 5.29. The highest BCUT2D eigenvalue weighted by Crippen LogP contribution is 2.26. The topological polar surface area (TPSA) is 80.0 Å². The number of nitrogen functional groups attached to an aromatic ring is 1. The van der Waals surface area contributed by atoms with E-state index in [1.54, 1.807) is 24.3 Å². The van der Waals surface area contributed by atoms with Gasteiger partial charge in [0.05, 0.1) is 23.1 Å². The molecule has 2 rings (SSSR count). The molecule has 0 radical (unpaired) electrons. The minimum atomic E-state index is -0.307. The molecule has 1 aromatic carbocycles. The first kappa shape index (κ1) is 13.8. The predicted octanol–water partition coefficient (Wildman–Crippen LogP) is 3.04. The Hall–Kier alpha value is -1.63. The van der Waals surface area contributed by atoms with Crippen molar-refractivity contribution in [1.82, 2.24) is 4.98 Å². The summed E-state index contributed by atoms with van der Waals surface area (Å²) in [5.74, 6) is 5.03. The average molecular weight is 342 g/mol. The van der Waals surface area contributed by atoms with Crippen molar-refractivity contribution in [3.63, 3.8) is 0 Å². The highest BCUT2D eigenvalue weighted by atomic mass is 79.9. The number of benzene rings is 1. The number of nitrogens with one attached hydrogen (secondary N) is 2. The van der Waals surface area contributed by atoms with E-state index in [2.05, 4.69) is 31.7 Å². The Balaban J connectivity index is 2.28. The summed E-state index contributed by atoms with van der Waals surface area (Å²) in [4.78, 5) is 16.0. The molecule has 0 fully saturated rings. The van der Waals surface area contributed by atoms with Gasteiger partial charge in [0.2, 0.25) is 0 Å². The van der Waals surface area contributed by atoms with E-state index < -0.39 is 0 Å². The molecule has 5 nitrogen and oxygen atoms in total. The Bertz CT molecular complexity index is 620. The molecule has 0 atom stereocenters. The average Bonchev–Trinajstić information content (AvgIpc) is 2.42. The Morgan fingerprint density at radius 3 is 2.84 bits per heavy atom. The quantitative estimate of drug-likeness (QED) is 0.592.